The fourth-order valence-electron chi connectivity index (χ4n) is 1.79. The largest absolute Gasteiger partial charge is 0.455 e. The molecule has 0 saturated carbocycles. The van der Waals surface area contributed by atoms with E-state index in [1.165, 1.54) is 12.1 Å². The lowest BCUT2D eigenvalue weighted by atomic mass is 10.2. The summed E-state index contributed by atoms with van der Waals surface area (Å²) in [5.74, 6) is 1.16. The zero-order valence-electron chi connectivity index (χ0n) is 9.28. The maximum absolute atomic E-state index is 13.1. The maximum Gasteiger partial charge on any atom is 0.152 e. The highest BCUT2D eigenvalue weighted by Gasteiger charge is 2.06. The lowest BCUT2D eigenvalue weighted by molar-refractivity contribution is 0.488. The number of aromatic nitrogens is 1. The first-order valence-electron chi connectivity index (χ1n) is 5.42. The van der Waals surface area contributed by atoms with E-state index in [-0.39, 0.29) is 5.82 Å². The number of rotatable bonds is 2. The molecular weight excluding hydrogens is 297 g/mol. The summed E-state index contributed by atoms with van der Waals surface area (Å²) in [6.45, 7) is 0. The molecule has 0 atom stereocenters. The molecule has 3 rings (SSSR count). The van der Waals surface area contributed by atoms with E-state index in [2.05, 4.69) is 20.9 Å². The third-order valence-electron chi connectivity index (χ3n) is 2.65. The van der Waals surface area contributed by atoms with Crippen molar-refractivity contribution in [3.63, 3.8) is 0 Å². The highest BCUT2D eigenvalue weighted by molar-refractivity contribution is 9.10. The normalized spacial score (nSPS) is 10.8. The van der Waals surface area contributed by atoms with E-state index >= 15 is 0 Å². The van der Waals surface area contributed by atoms with Crippen LogP contribution in [-0.4, -0.2) is 4.98 Å². The van der Waals surface area contributed by atoms with E-state index in [4.69, 9.17) is 4.74 Å². The highest BCUT2D eigenvalue weighted by Crippen LogP contribution is 2.30. The first kappa shape index (κ1) is 11.3. The fraction of sp³-hybridized carbons (Fsp3) is 0. The number of hydrogen-bond acceptors (Lipinski definition) is 1. The van der Waals surface area contributed by atoms with Crippen molar-refractivity contribution in [2.75, 3.05) is 0 Å². The number of hydrogen-bond donors (Lipinski definition) is 1. The Labute approximate surface area is 112 Å². The van der Waals surface area contributed by atoms with Crippen LogP contribution >= 0.6 is 15.9 Å². The SMILES string of the molecule is Fc1ccc2c(Oc3ccc(Br)cc3)c[nH]c2c1. The molecule has 4 heteroatoms. The quantitative estimate of drug-likeness (QED) is 0.718. The molecule has 0 aliphatic heterocycles. The Morgan fingerprint density at radius 1 is 1.06 bits per heavy atom. The van der Waals surface area contributed by atoms with E-state index in [0.717, 1.165) is 21.1 Å². The van der Waals surface area contributed by atoms with Gasteiger partial charge in [-0.25, -0.2) is 4.39 Å². The number of nitrogens with one attached hydrogen (secondary N) is 1. The number of benzene rings is 2. The zero-order valence-corrected chi connectivity index (χ0v) is 10.9. The van der Waals surface area contributed by atoms with E-state index in [9.17, 15) is 4.39 Å². The molecule has 0 bridgehead atoms. The van der Waals surface area contributed by atoms with Crippen LogP contribution in [0, 0.1) is 5.82 Å². The van der Waals surface area contributed by atoms with Gasteiger partial charge in [-0.1, -0.05) is 15.9 Å². The minimum Gasteiger partial charge on any atom is -0.455 e. The number of H-pyrrole nitrogens is 1. The summed E-state index contributed by atoms with van der Waals surface area (Å²) in [5.41, 5.74) is 0.724. The van der Waals surface area contributed by atoms with Gasteiger partial charge in [0.2, 0.25) is 0 Å². The van der Waals surface area contributed by atoms with Gasteiger partial charge in [0.05, 0.1) is 5.52 Å². The Balaban J connectivity index is 1.97. The molecule has 90 valence electrons. The van der Waals surface area contributed by atoms with Crippen molar-refractivity contribution in [3.8, 4) is 11.5 Å². The van der Waals surface area contributed by atoms with Gasteiger partial charge in [0.25, 0.3) is 0 Å². The van der Waals surface area contributed by atoms with Gasteiger partial charge in [-0.3, -0.25) is 0 Å². The average Bonchev–Trinajstić information content (AvgIpc) is 2.74. The lowest BCUT2D eigenvalue weighted by Crippen LogP contribution is -1.82. The van der Waals surface area contributed by atoms with Crippen molar-refractivity contribution < 1.29 is 9.13 Å². The Morgan fingerprint density at radius 3 is 2.61 bits per heavy atom. The molecule has 0 unspecified atom stereocenters. The molecule has 0 aliphatic rings. The van der Waals surface area contributed by atoms with Crippen LogP contribution in [0.4, 0.5) is 4.39 Å². The van der Waals surface area contributed by atoms with Gasteiger partial charge in [0.1, 0.15) is 11.6 Å². The van der Waals surface area contributed by atoms with E-state index in [1.54, 1.807) is 12.3 Å². The molecule has 2 aromatic carbocycles. The van der Waals surface area contributed by atoms with Crippen molar-refractivity contribution >= 4 is 26.8 Å². The average molecular weight is 306 g/mol. The predicted octanol–water partition coefficient (Wildman–Crippen LogP) is 4.86. The number of ether oxygens (including phenoxy) is 1. The van der Waals surface area contributed by atoms with Crippen molar-refractivity contribution in [2.24, 2.45) is 0 Å². The van der Waals surface area contributed by atoms with E-state index < -0.39 is 0 Å². The summed E-state index contributed by atoms with van der Waals surface area (Å²) in [7, 11) is 0. The molecule has 0 spiro atoms. The summed E-state index contributed by atoms with van der Waals surface area (Å²) in [6, 6.07) is 12.1. The van der Waals surface area contributed by atoms with E-state index in [1.807, 2.05) is 24.3 Å². The van der Waals surface area contributed by atoms with Crippen LogP contribution in [0.5, 0.6) is 11.5 Å². The molecule has 0 amide bonds. The number of halogens is 2. The molecule has 0 aliphatic carbocycles. The summed E-state index contributed by atoms with van der Waals surface area (Å²) < 4.78 is 19.8. The zero-order chi connectivity index (χ0) is 12.5. The molecule has 1 N–H and O–H groups in total. The van der Waals surface area contributed by atoms with Gasteiger partial charge in [-0.2, -0.15) is 0 Å². The van der Waals surface area contributed by atoms with Crippen LogP contribution in [0.15, 0.2) is 53.1 Å². The second kappa shape index (κ2) is 4.46. The Morgan fingerprint density at radius 2 is 1.83 bits per heavy atom. The Kier molecular flexibility index (Phi) is 2.80. The minimum absolute atomic E-state index is 0.264. The standard InChI is InChI=1S/C14H9BrFNO/c15-9-1-4-11(5-2-9)18-14-8-17-13-7-10(16)3-6-12(13)14/h1-8,17H. The van der Waals surface area contributed by atoms with Crippen LogP contribution in [0.2, 0.25) is 0 Å². The molecule has 0 saturated heterocycles. The van der Waals surface area contributed by atoms with Gasteiger partial charge < -0.3 is 9.72 Å². The van der Waals surface area contributed by atoms with Gasteiger partial charge in [0.15, 0.2) is 5.75 Å². The topological polar surface area (TPSA) is 25.0 Å². The molecule has 1 heterocycles. The second-order valence-electron chi connectivity index (χ2n) is 3.90. The van der Waals surface area contributed by atoms with Crippen molar-refractivity contribution in [2.45, 2.75) is 0 Å². The van der Waals surface area contributed by atoms with Crippen LogP contribution in [0.25, 0.3) is 10.9 Å². The Bertz CT molecular complexity index is 691. The minimum atomic E-state index is -0.264. The molecular formula is C14H9BrFNO. The summed E-state index contributed by atoms with van der Waals surface area (Å²) >= 11 is 3.37. The second-order valence-corrected chi connectivity index (χ2v) is 4.81. The van der Waals surface area contributed by atoms with Gasteiger partial charge >= 0.3 is 0 Å². The summed E-state index contributed by atoms with van der Waals surface area (Å²) in [6.07, 6.45) is 1.73. The van der Waals surface area contributed by atoms with Crippen LogP contribution in [0.3, 0.4) is 0 Å². The summed E-state index contributed by atoms with van der Waals surface area (Å²) in [4.78, 5) is 2.99. The smallest absolute Gasteiger partial charge is 0.152 e. The third kappa shape index (κ3) is 2.11. The highest BCUT2D eigenvalue weighted by atomic mass is 79.9. The number of fused-ring (bicyclic) bond motifs is 1. The van der Waals surface area contributed by atoms with Crippen LogP contribution in [0.1, 0.15) is 0 Å². The van der Waals surface area contributed by atoms with Gasteiger partial charge in [-0.15, -0.1) is 0 Å². The first-order valence-corrected chi connectivity index (χ1v) is 6.22. The fourth-order valence-corrected chi connectivity index (χ4v) is 2.05. The van der Waals surface area contributed by atoms with Gasteiger partial charge in [0, 0.05) is 16.1 Å². The molecule has 0 fully saturated rings. The molecule has 2 nitrogen and oxygen atoms in total. The first-order chi connectivity index (χ1) is 8.72. The predicted molar refractivity (Wildman–Crippen MR) is 72.5 cm³/mol. The summed E-state index contributed by atoms with van der Waals surface area (Å²) in [5, 5.41) is 0.860. The van der Waals surface area contributed by atoms with E-state index in [0.29, 0.717) is 5.75 Å². The lowest BCUT2D eigenvalue weighted by Gasteiger charge is -2.03. The van der Waals surface area contributed by atoms with Crippen molar-refractivity contribution in [1.82, 2.24) is 4.98 Å². The Hall–Kier alpha value is -1.81. The molecule has 18 heavy (non-hydrogen) atoms. The molecule has 3 aromatic rings. The van der Waals surface area contributed by atoms with Gasteiger partial charge in [-0.05, 0) is 42.5 Å². The third-order valence-corrected chi connectivity index (χ3v) is 3.18. The van der Waals surface area contributed by atoms with Crippen molar-refractivity contribution in [3.05, 3.63) is 59.0 Å². The molecule has 0 radical (unpaired) electrons. The monoisotopic (exact) mass is 305 g/mol. The van der Waals surface area contributed by atoms with Crippen LogP contribution in [-0.2, 0) is 0 Å². The molecule has 1 aromatic heterocycles. The number of aromatic amines is 1. The van der Waals surface area contributed by atoms with Crippen LogP contribution < -0.4 is 4.74 Å². The maximum atomic E-state index is 13.1. The van der Waals surface area contributed by atoms with Crippen molar-refractivity contribution in [1.29, 1.82) is 0 Å².